The van der Waals surface area contributed by atoms with Gasteiger partial charge in [-0.05, 0) is 53.9 Å². The number of amidine groups is 1. The number of hydrogen-bond acceptors (Lipinski definition) is 10. The summed E-state index contributed by atoms with van der Waals surface area (Å²) < 4.78 is 43.9. The smallest absolute Gasteiger partial charge is 0.477 e. The van der Waals surface area contributed by atoms with E-state index in [-0.39, 0.29) is 29.1 Å². The second kappa shape index (κ2) is 13.0. The van der Waals surface area contributed by atoms with E-state index in [0.717, 1.165) is 38.5 Å². The molecule has 0 spiro atoms. The van der Waals surface area contributed by atoms with Gasteiger partial charge in [0.2, 0.25) is 0 Å². The molecule has 5 rings (SSSR count). The zero-order valence-corrected chi connectivity index (χ0v) is 23.5. The van der Waals surface area contributed by atoms with Crippen LogP contribution in [0.2, 0.25) is 0 Å². The highest BCUT2D eigenvalue weighted by Gasteiger charge is 2.38. The average Bonchev–Trinajstić information content (AvgIpc) is 3.62. The first-order chi connectivity index (χ1) is 20.8. The molecule has 2 aromatic heterocycles. The Kier molecular flexibility index (Phi) is 9.34. The Labute approximate surface area is 249 Å². The van der Waals surface area contributed by atoms with Crippen LogP contribution in [0.5, 0.6) is 5.75 Å². The molecule has 0 saturated heterocycles. The Morgan fingerprint density at radius 2 is 1.93 bits per heavy atom. The highest BCUT2D eigenvalue weighted by molar-refractivity contribution is 7.12. The van der Waals surface area contributed by atoms with Crippen LogP contribution < -0.4 is 21.5 Å². The molecule has 14 nitrogen and oxygen atoms in total. The maximum absolute atomic E-state index is 12.9. The Balaban J connectivity index is 0.000000566. The summed E-state index contributed by atoms with van der Waals surface area (Å²) in [6, 6.07) is 10.2. The SMILES string of the molecule is CCc1cc(C(Nc2ccc(C(=N)N)cc2)c2nn(-c3ncsc3C(=O)O)c(=O)[nH]2)cc2c1OCOC2.O=C(O)C(F)(F)F. The van der Waals surface area contributed by atoms with Crippen LogP contribution in [-0.2, 0) is 22.6 Å². The van der Waals surface area contributed by atoms with Crippen LogP contribution >= 0.6 is 11.3 Å². The summed E-state index contributed by atoms with van der Waals surface area (Å²) in [6.07, 6.45) is -4.37. The molecule has 0 bridgehead atoms. The number of carboxylic acid groups (broad SMARTS) is 2. The number of H-pyrrole nitrogens is 1. The number of ether oxygens (including phenoxy) is 2. The minimum Gasteiger partial charge on any atom is -0.477 e. The standard InChI is InChI=1S/C24H23N7O5S.C2HF3O2/c1-2-12-7-14(8-15-9-35-11-36-18(12)15)17(28-16-5-3-13(4-6-16)20(25)26)21-29-24(34)31(30-21)22-19(23(32)33)37-10-27-22;3-2(4,5)1(6)7/h3-8,10,17,28H,2,9,11H2,1H3,(H3,25,26)(H,32,33)(H,29,30,34);(H,6,7). The van der Waals surface area contributed by atoms with Crippen molar-refractivity contribution >= 4 is 34.8 Å². The highest BCUT2D eigenvalue weighted by atomic mass is 32.1. The van der Waals surface area contributed by atoms with Gasteiger partial charge in [0.25, 0.3) is 0 Å². The van der Waals surface area contributed by atoms with E-state index in [1.165, 1.54) is 5.51 Å². The van der Waals surface area contributed by atoms with Gasteiger partial charge in [0.05, 0.1) is 12.1 Å². The number of carbonyl (C=O) groups is 2. The van der Waals surface area contributed by atoms with Crippen molar-refractivity contribution in [1.82, 2.24) is 19.7 Å². The molecule has 0 saturated carbocycles. The normalized spacial score (nSPS) is 13.1. The van der Waals surface area contributed by atoms with Crippen LogP contribution in [0.3, 0.4) is 0 Å². The number of nitrogens with zero attached hydrogens (tertiary/aromatic N) is 3. The lowest BCUT2D eigenvalue weighted by atomic mass is 9.97. The third kappa shape index (κ3) is 7.04. The molecule has 232 valence electrons. The lowest BCUT2D eigenvalue weighted by Gasteiger charge is -2.25. The summed E-state index contributed by atoms with van der Waals surface area (Å²) in [4.78, 5) is 40.1. The van der Waals surface area contributed by atoms with Crippen molar-refractivity contribution in [1.29, 1.82) is 5.41 Å². The zero-order valence-electron chi connectivity index (χ0n) is 22.6. The minimum absolute atomic E-state index is 0.0501. The summed E-state index contributed by atoms with van der Waals surface area (Å²) >= 11 is 0.907. The maximum Gasteiger partial charge on any atom is 0.490 e. The Morgan fingerprint density at radius 1 is 1.25 bits per heavy atom. The Hall–Kier alpha value is -5.23. The number of aryl methyl sites for hydroxylation is 1. The summed E-state index contributed by atoms with van der Waals surface area (Å²) in [5, 5.41) is 32.1. The molecule has 0 amide bonds. The van der Waals surface area contributed by atoms with E-state index in [2.05, 4.69) is 20.4 Å². The number of nitrogens with one attached hydrogen (secondary N) is 3. The van der Waals surface area contributed by atoms with Crippen LogP contribution in [0.4, 0.5) is 18.9 Å². The number of benzene rings is 2. The van der Waals surface area contributed by atoms with Gasteiger partial charge in [-0.1, -0.05) is 6.92 Å². The first kappa shape index (κ1) is 31.7. The molecule has 0 fully saturated rings. The van der Waals surface area contributed by atoms with Gasteiger partial charge in [0.15, 0.2) is 23.3 Å². The summed E-state index contributed by atoms with van der Waals surface area (Å²) in [5.41, 5.74) is 10.2. The van der Waals surface area contributed by atoms with E-state index in [0.29, 0.717) is 24.3 Å². The predicted molar refractivity (Wildman–Crippen MR) is 150 cm³/mol. The van der Waals surface area contributed by atoms with E-state index in [9.17, 15) is 27.9 Å². The number of alkyl halides is 3. The zero-order chi connectivity index (χ0) is 32.2. The largest absolute Gasteiger partial charge is 0.490 e. The van der Waals surface area contributed by atoms with Gasteiger partial charge in [0, 0.05) is 16.8 Å². The van der Waals surface area contributed by atoms with Crippen molar-refractivity contribution in [2.75, 3.05) is 12.1 Å². The number of fused-ring (bicyclic) bond motifs is 1. The van der Waals surface area contributed by atoms with Gasteiger partial charge in [-0.2, -0.15) is 17.9 Å². The molecule has 4 aromatic rings. The quantitative estimate of drug-likeness (QED) is 0.122. The molecule has 1 unspecified atom stereocenters. The fourth-order valence-electron chi connectivity index (χ4n) is 4.13. The number of aliphatic carboxylic acids is 1. The van der Waals surface area contributed by atoms with Crippen LogP contribution in [0.25, 0.3) is 5.82 Å². The van der Waals surface area contributed by atoms with Crippen molar-refractivity contribution in [3.05, 3.63) is 85.3 Å². The van der Waals surface area contributed by atoms with Crippen molar-refractivity contribution in [3.63, 3.8) is 0 Å². The first-order valence-corrected chi connectivity index (χ1v) is 13.4. The second-order valence-electron chi connectivity index (χ2n) is 9.04. The fourth-order valence-corrected chi connectivity index (χ4v) is 4.73. The molecular formula is C26H24F3N7O7S. The van der Waals surface area contributed by atoms with Crippen LogP contribution in [0.15, 0.2) is 46.7 Å². The van der Waals surface area contributed by atoms with Gasteiger partial charge in [-0.25, -0.2) is 19.4 Å². The minimum atomic E-state index is -5.08. The van der Waals surface area contributed by atoms with Crippen LogP contribution in [0.1, 0.15) is 50.7 Å². The highest BCUT2D eigenvalue weighted by Crippen LogP contribution is 2.34. The number of aromatic carboxylic acids is 1. The number of halogens is 3. The number of thiazole rings is 1. The topological polar surface area (TPSA) is 219 Å². The lowest BCUT2D eigenvalue weighted by Crippen LogP contribution is -2.21. The van der Waals surface area contributed by atoms with Crippen molar-refractivity contribution < 1.29 is 42.4 Å². The Morgan fingerprint density at radius 3 is 2.52 bits per heavy atom. The molecule has 3 heterocycles. The lowest BCUT2D eigenvalue weighted by molar-refractivity contribution is -0.192. The summed E-state index contributed by atoms with van der Waals surface area (Å²) in [6.45, 7) is 2.58. The van der Waals surface area contributed by atoms with Crippen molar-refractivity contribution in [3.8, 4) is 11.6 Å². The number of hydrogen-bond donors (Lipinski definition) is 6. The molecule has 1 aliphatic heterocycles. The fraction of sp³-hybridized carbons (Fsp3) is 0.231. The molecule has 44 heavy (non-hydrogen) atoms. The molecule has 1 aliphatic rings. The molecule has 0 radical (unpaired) electrons. The molecule has 7 N–H and O–H groups in total. The first-order valence-electron chi connectivity index (χ1n) is 12.5. The summed E-state index contributed by atoms with van der Waals surface area (Å²) in [5.74, 6) is -3.02. The molecule has 18 heteroatoms. The third-order valence-corrected chi connectivity index (χ3v) is 6.93. The number of aromatic nitrogens is 4. The maximum atomic E-state index is 12.9. The van der Waals surface area contributed by atoms with Crippen LogP contribution in [-0.4, -0.2) is 60.7 Å². The number of aromatic amines is 1. The van der Waals surface area contributed by atoms with E-state index in [4.69, 9.17) is 30.5 Å². The van der Waals surface area contributed by atoms with Crippen molar-refractivity contribution in [2.24, 2.45) is 5.73 Å². The predicted octanol–water partition coefficient (Wildman–Crippen LogP) is 3.26. The molecule has 0 aliphatic carbocycles. The number of rotatable bonds is 8. The number of nitrogens with two attached hydrogens (primary N) is 1. The van der Waals surface area contributed by atoms with E-state index in [1.807, 2.05) is 19.1 Å². The summed E-state index contributed by atoms with van der Waals surface area (Å²) in [7, 11) is 0. The monoisotopic (exact) mass is 635 g/mol. The van der Waals surface area contributed by atoms with Gasteiger partial charge >= 0.3 is 23.8 Å². The molecule has 1 atom stereocenters. The second-order valence-corrected chi connectivity index (χ2v) is 9.90. The number of anilines is 1. The number of carboxylic acids is 2. The van der Waals surface area contributed by atoms with Gasteiger partial charge < -0.3 is 30.7 Å². The third-order valence-electron chi connectivity index (χ3n) is 6.12. The van der Waals surface area contributed by atoms with Crippen LogP contribution in [0, 0.1) is 5.41 Å². The van der Waals surface area contributed by atoms with E-state index in [1.54, 1.807) is 24.3 Å². The van der Waals surface area contributed by atoms with Crippen molar-refractivity contribution in [2.45, 2.75) is 32.2 Å². The van der Waals surface area contributed by atoms with Gasteiger partial charge in [-0.15, -0.1) is 16.4 Å². The number of nitrogen functional groups attached to an aromatic ring is 1. The van der Waals surface area contributed by atoms with Gasteiger partial charge in [-0.3, -0.25) is 10.4 Å². The Bertz CT molecular complexity index is 1730. The molecular weight excluding hydrogens is 611 g/mol. The van der Waals surface area contributed by atoms with E-state index >= 15 is 0 Å². The van der Waals surface area contributed by atoms with E-state index < -0.39 is 29.8 Å². The molecule has 2 aromatic carbocycles. The van der Waals surface area contributed by atoms with Gasteiger partial charge in [0.1, 0.15) is 17.6 Å². The average molecular weight is 636 g/mol.